The number of anilines is 1. The second-order valence-corrected chi connectivity index (χ2v) is 8.13. The van der Waals surface area contributed by atoms with Gasteiger partial charge in [0.25, 0.3) is 5.91 Å². The Morgan fingerprint density at radius 2 is 1.97 bits per heavy atom. The van der Waals surface area contributed by atoms with E-state index in [0.717, 1.165) is 40.5 Å². The molecule has 2 N–H and O–H groups in total. The number of para-hydroxylation sites is 1. The van der Waals surface area contributed by atoms with Crippen LogP contribution in [-0.4, -0.2) is 40.8 Å². The van der Waals surface area contributed by atoms with Gasteiger partial charge in [-0.1, -0.05) is 24.3 Å². The molecule has 1 aliphatic carbocycles. The fourth-order valence-electron chi connectivity index (χ4n) is 4.03. The lowest BCUT2D eigenvalue weighted by Gasteiger charge is -2.07. The highest BCUT2D eigenvalue weighted by Gasteiger charge is 2.28. The highest BCUT2D eigenvalue weighted by atomic mass is 16.1. The number of rotatable bonds is 4. The highest BCUT2D eigenvalue weighted by Crippen LogP contribution is 2.40. The maximum absolute atomic E-state index is 13.2. The van der Waals surface area contributed by atoms with Gasteiger partial charge in [0.05, 0.1) is 22.2 Å². The van der Waals surface area contributed by atoms with Crippen LogP contribution in [0.3, 0.4) is 0 Å². The zero-order valence-electron chi connectivity index (χ0n) is 17.6. The van der Waals surface area contributed by atoms with Gasteiger partial charge in [0.15, 0.2) is 11.5 Å². The van der Waals surface area contributed by atoms with Crippen molar-refractivity contribution < 1.29 is 4.79 Å². The van der Waals surface area contributed by atoms with Gasteiger partial charge in [0, 0.05) is 24.0 Å². The topological polar surface area (TPSA) is 114 Å². The summed E-state index contributed by atoms with van der Waals surface area (Å²) in [6.45, 7) is 1.88. The predicted molar refractivity (Wildman–Crippen MR) is 120 cm³/mol. The number of H-pyrrole nitrogens is 1. The molecular formula is C23H20N8O. The van der Waals surface area contributed by atoms with E-state index in [2.05, 4.69) is 30.6 Å². The molecule has 1 saturated carbocycles. The molecule has 9 nitrogen and oxygen atoms in total. The summed E-state index contributed by atoms with van der Waals surface area (Å²) in [7, 11) is 1.85. The molecule has 6 rings (SSSR count). The fraction of sp³-hybridized carbons (Fsp3) is 0.217. The third-order valence-electron chi connectivity index (χ3n) is 5.78. The monoisotopic (exact) mass is 424 g/mol. The van der Waals surface area contributed by atoms with Crippen LogP contribution in [0.1, 0.15) is 40.5 Å². The molecule has 32 heavy (non-hydrogen) atoms. The van der Waals surface area contributed by atoms with Crippen molar-refractivity contribution in [1.82, 2.24) is 34.9 Å². The number of carbonyl (C=O) groups is 1. The van der Waals surface area contributed by atoms with Crippen molar-refractivity contribution in [2.24, 2.45) is 7.05 Å². The summed E-state index contributed by atoms with van der Waals surface area (Å²) in [6, 6.07) is 13.6. The highest BCUT2D eigenvalue weighted by molar-refractivity contribution is 6.12. The molecule has 5 aromatic rings. The summed E-state index contributed by atoms with van der Waals surface area (Å²) in [5.74, 6) is 0.809. The number of hydrogen-bond acceptors (Lipinski definition) is 6. The second-order valence-electron chi connectivity index (χ2n) is 8.13. The summed E-state index contributed by atoms with van der Waals surface area (Å²) in [5.41, 5.74) is 4.47. The first-order chi connectivity index (χ1) is 15.6. The molecule has 4 heterocycles. The predicted octanol–water partition coefficient (Wildman–Crippen LogP) is 3.74. The Hall–Kier alpha value is -4.14. The Morgan fingerprint density at radius 3 is 2.81 bits per heavy atom. The molecule has 0 unspecified atom stereocenters. The van der Waals surface area contributed by atoms with Crippen LogP contribution in [0.15, 0.2) is 42.5 Å². The van der Waals surface area contributed by atoms with Crippen LogP contribution in [0.2, 0.25) is 0 Å². The lowest BCUT2D eigenvalue weighted by atomic mass is 10.1. The maximum atomic E-state index is 13.2. The average molecular weight is 424 g/mol. The standard InChI is InChI=1S/C23H20N8O/c1-12-19-15(11-18(14-7-8-14)25-21(19)31(2)30-12)22(32)27-23-26-20(28-29-23)17-10-9-13-5-3-4-6-16(13)24-17/h3-6,9-11,14H,7-8H2,1-2H3,(H2,26,27,28,29,32). The molecule has 0 bridgehead atoms. The van der Waals surface area contributed by atoms with Crippen molar-refractivity contribution in [2.75, 3.05) is 5.32 Å². The largest absolute Gasteiger partial charge is 0.289 e. The van der Waals surface area contributed by atoms with E-state index in [-0.39, 0.29) is 11.9 Å². The van der Waals surface area contributed by atoms with Crippen LogP contribution in [0, 0.1) is 6.92 Å². The Labute approximate surface area is 182 Å². The van der Waals surface area contributed by atoms with Crippen molar-refractivity contribution in [3.63, 3.8) is 0 Å². The number of pyridine rings is 2. The average Bonchev–Trinajstić information content (AvgIpc) is 3.49. The Morgan fingerprint density at radius 1 is 1.12 bits per heavy atom. The quantitative estimate of drug-likeness (QED) is 0.454. The SMILES string of the molecule is Cc1nn(C)c2nc(C3CC3)cc(C(=O)Nc3n[nH]c(-c4ccc5ccccc5n4)n3)c12. The van der Waals surface area contributed by atoms with Gasteiger partial charge in [0.2, 0.25) is 5.95 Å². The smallest absolute Gasteiger partial charge is 0.258 e. The molecule has 0 aliphatic heterocycles. The summed E-state index contributed by atoms with van der Waals surface area (Å²) in [4.78, 5) is 27.0. The summed E-state index contributed by atoms with van der Waals surface area (Å²) in [6.07, 6.45) is 2.19. The summed E-state index contributed by atoms with van der Waals surface area (Å²) < 4.78 is 1.73. The summed E-state index contributed by atoms with van der Waals surface area (Å²) in [5, 5.41) is 16.1. The Bertz CT molecular complexity index is 1510. The Kier molecular flexibility index (Phi) is 4.04. The van der Waals surface area contributed by atoms with E-state index in [1.54, 1.807) is 4.68 Å². The minimum atomic E-state index is -0.285. The van der Waals surface area contributed by atoms with Crippen molar-refractivity contribution in [3.8, 4) is 11.5 Å². The molecular weight excluding hydrogens is 404 g/mol. The van der Waals surface area contributed by atoms with Gasteiger partial charge in [-0.15, -0.1) is 5.10 Å². The molecule has 0 spiro atoms. The van der Waals surface area contributed by atoms with Crippen LogP contribution >= 0.6 is 0 Å². The molecule has 1 fully saturated rings. The molecule has 1 aromatic carbocycles. The van der Waals surface area contributed by atoms with Gasteiger partial charge >= 0.3 is 0 Å². The number of aromatic amines is 1. The fourth-order valence-corrected chi connectivity index (χ4v) is 4.03. The number of amides is 1. The number of benzene rings is 1. The number of fused-ring (bicyclic) bond motifs is 2. The number of hydrogen-bond donors (Lipinski definition) is 2. The van der Waals surface area contributed by atoms with Gasteiger partial charge in [-0.2, -0.15) is 10.1 Å². The van der Waals surface area contributed by atoms with Gasteiger partial charge in [-0.05, 0) is 38.0 Å². The van der Waals surface area contributed by atoms with Crippen LogP contribution in [0.4, 0.5) is 5.95 Å². The number of nitrogens with one attached hydrogen (secondary N) is 2. The summed E-state index contributed by atoms with van der Waals surface area (Å²) >= 11 is 0. The van der Waals surface area contributed by atoms with Crippen LogP contribution < -0.4 is 5.32 Å². The lowest BCUT2D eigenvalue weighted by Crippen LogP contribution is -2.14. The van der Waals surface area contributed by atoms with E-state index in [0.29, 0.717) is 28.6 Å². The van der Waals surface area contributed by atoms with Crippen molar-refractivity contribution >= 4 is 33.8 Å². The van der Waals surface area contributed by atoms with E-state index in [1.165, 1.54) is 0 Å². The minimum absolute atomic E-state index is 0.194. The molecule has 0 saturated heterocycles. The third-order valence-corrected chi connectivity index (χ3v) is 5.78. The molecule has 1 aliphatic rings. The first-order valence-electron chi connectivity index (χ1n) is 10.5. The molecule has 0 atom stereocenters. The van der Waals surface area contributed by atoms with E-state index in [4.69, 9.17) is 4.98 Å². The number of aryl methyl sites for hydroxylation is 2. The van der Waals surface area contributed by atoms with Crippen molar-refractivity contribution in [2.45, 2.75) is 25.7 Å². The van der Waals surface area contributed by atoms with Crippen LogP contribution in [-0.2, 0) is 7.05 Å². The normalized spacial score (nSPS) is 13.7. The Balaban J connectivity index is 1.33. The van der Waals surface area contributed by atoms with Gasteiger partial charge in [0.1, 0.15) is 5.69 Å². The van der Waals surface area contributed by atoms with Crippen LogP contribution in [0.5, 0.6) is 0 Å². The zero-order chi connectivity index (χ0) is 21.8. The maximum Gasteiger partial charge on any atom is 0.258 e. The second kappa shape index (κ2) is 6.94. The number of nitrogens with zero attached hydrogens (tertiary/aromatic N) is 6. The molecule has 158 valence electrons. The van der Waals surface area contributed by atoms with Gasteiger partial charge in [-0.25, -0.2) is 9.97 Å². The number of carbonyl (C=O) groups excluding carboxylic acids is 1. The van der Waals surface area contributed by atoms with E-state index < -0.39 is 0 Å². The minimum Gasteiger partial charge on any atom is -0.289 e. The van der Waals surface area contributed by atoms with E-state index in [1.807, 2.05) is 56.4 Å². The molecule has 1 amide bonds. The lowest BCUT2D eigenvalue weighted by molar-refractivity contribution is 0.102. The third kappa shape index (κ3) is 3.09. The number of aromatic nitrogens is 7. The van der Waals surface area contributed by atoms with Gasteiger partial charge in [-0.3, -0.25) is 19.9 Å². The van der Waals surface area contributed by atoms with Crippen molar-refractivity contribution in [3.05, 3.63) is 59.4 Å². The molecule has 0 radical (unpaired) electrons. The van der Waals surface area contributed by atoms with Crippen LogP contribution in [0.25, 0.3) is 33.5 Å². The first kappa shape index (κ1) is 18.6. The molecule has 9 heteroatoms. The first-order valence-corrected chi connectivity index (χ1v) is 10.5. The zero-order valence-corrected chi connectivity index (χ0v) is 17.6. The molecule has 4 aromatic heterocycles. The van der Waals surface area contributed by atoms with E-state index >= 15 is 0 Å². The van der Waals surface area contributed by atoms with Crippen molar-refractivity contribution in [1.29, 1.82) is 0 Å². The van der Waals surface area contributed by atoms with E-state index in [9.17, 15) is 4.79 Å². The van der Waals surface area contributed by atoms with Gasteiger partial charge < -0.3 is 0 Å².